The summed E-state index contributed by atoms with van der Waals surface area (Å²) >= 11 is 3.11. The minimum atomic E-state index is -0.129. The number of halogens is 1. The summed E-state index contributed by atoms with van der Waals surface area (Å²) in [7, 11) is 0. The summed E-state index contributed by atoms with van der Waals surface area (Å²) < 4.78 is 4.62. The fourth-order valence-electron chi connectivity index (χ4n) is 0.531. The molecule has 8 heavy (non-hydrogen) atoms. The van der Waals surface area contributed by atoms with E-state index < -0.39 is 0 Å². The van der Waals surface area contributed by atoms with Gasteiger partial charge in [0.15, 0.2) is 0 Å². The average Bonchev–Trinajstić information content (AvgIpc) is 2.14. The van der Waals surface area contributed by atoms with Crippen molar-refractivity contribution >= 4 is 21.9 Å². The second-order valence-electron chi connectivity index (χ2n) is 1.60. The highest BCUT2D eigenvalue weighted by molar-refractivity contribution is 9.11. The normalized spacial score (nSPS) is 24.1. The number of carbonyl (C=O) groups is 1. The Balaban J connectivity index is 2.56. The van der Waals surface area contributed by atoms with Crippen molar-refractivity contribution in [1.82, 2.24) is 0 Å². The maximum absolute atomic E-state index is 10.3. The first-order chi connectivity index (χ1) is 3.83. The standard InChI is InChI=1S/C5H5BrO2/c6-2-4-1-5(7)8-3-4/h2H,1,3H2. The number of esters is 1. The highest BCUT2D eigenvalue weighted by Crippen LogP contribution is 2.13. The van der Waals surface area contributed by atoms with Crippen LogP contribution in [0.1, 0.15) is 6.42 Å². The topological polar surface area (TPSA) is 26.3 Å². The molecule has 1 saturated heterocycles. The Labute approximate surface area is 55.6 Å². The van der Waals surface area contributed by atoms with Crippen LogP contribution in [0.3, 0.4) is 0 Å². The molecule has 44 valence electrons. The van der Waals surface area contributed by atoms with Gasteiger partial charge in [-0.15, -0.1) is 0 Å². The molecule has 1 aliphatic rings. The maximum atomic E-state index is 10.3. The Morgan fingerprint density at radius 1 is 1.75 bits per heavy atom. The van der Waals surface area contributed by atoms with Crippen LogP contribution in [0.25, 0.3) is 0 Å². The van der Waals surface area contributed by atoms with Crippen molar-refractivity contribution in [3.8, 4) is 0 Å². The Kier molecular flexibility index (Phi) is 1.68. The molecule has 0 saturated carbocycles. The quantitative estimate of drug-likeness (QED) is 0.520. The third-order valence-electron chi connectivity index (χ3n) is 0.944. The minimum absolute atomic E-state index is 0.129. The Hall–Kier alpha value is -0.310. The van der Waals surface area contributed by atoms with Gasteiger partial charge in [-0.1, -0.05) is 15.9 Å². The first-order valence-corrected chi connectivity index (χ1v) is 3.18. The van der Waals surface area contributed by atoms with Crippen LogP contribution in [-0.2, 0) is 9.53 Å². The summed E-state index contributed by atoms with van der Waals surface area (Å²) in [6, 6.07) is 0. The second kappa shape index (κ2) is 2.31. The molecular formula is C5H5BrO2. The van der Waals surface area contributed by atoms with Crippen LogP contribution in [-0.4, -0.2) is 12.6 Å². The summed E-state index contributed by atoms with van der Waals surface area (Å²) in [6.45, 7) is 0.462. The molecule has 0 aromatic heterocycles. The lowest BCUT2D eigenvalue weighted by atomic mass is 10.3. The summed E-state index contributed by atoms with van der Waals surface area (Å²) in [4.78, 5) is 12.1. The Morgan fingerprint density at radius 3 is 2.75 bits per heavy atom. The predicted molar refractivity (Wildman–Crippen MR) is 32.6 cm³/mol. The zero-order valence-corrected chi connectivity index (χ0v) is 5.77. The molecule has 0 amide bonds. The average molecular weight is 177 g/mol. The predicted octanol–water partition coefficient (Wildman–Crippen LogP) is 1.21. The monoisotopic (exact) mass is 176 g/mol. The molecule has 0 radical (unpaired) electrons. The lowest BCUT2D eigenvalue weighted by Crippen LogP contribution is -1.88. The van der Waals surface area contributed by atoms with Gasteiger partial charge < -0.3 is 4.74 Å². The Bertz CT molecular complexity index is 139. The van der Waals surface area contributed by atoms with Crippen LogP contribution < -0.4 is 0 Å². The van der Waals surface area contributed by atoms with E-state index in [2.05, 4.69) is 20.7 Å². The molecular weight excluding hydrogens is 172 g/mol. The number of carbonyl (C=O) groups excluding carboxylic acids is 1. The summed E-state index contributed by atoms with van der Waals surface area (Å²) in [6.07, 6.45) is 0.450. The highest BCUT2D eigenvalue weighted by atomic mass is 79.9. The van der Waals surface area contributed by atoms with Crippen molar-refractivity contribution in [2.24, 2.45) is 0 Å². The lowest BCUT2D eigenvalue weighted by molar-refractivity contribution is -0.137. The Morgan fingerprint density at radius 2 is 2.50 bits per heavy atom. The highest BCUT2D eigenvalue weighted by Gasteiger charge is 2.14. The smallest absolute Gasteiger partial charge is 0.310 e. The molecule has 0 unspecified atom stereocenters. The van der Waals surface area contributed by atoms with E-state index in [0.717, 1.165) is 5.57 Å². The van der Waals surface area contributed by atoms with Crippen molar-refractivity contribution < 1.29 is 9.53 Å². The van der Waals surface area contributed by atoms with E-state index in [0.29, 0.717) is 13.0 Å². The third-order valence-corrected chi connectivity index (χ3v) is 1.59. The van der Waals surface area contributed by atoms with Gasteiger partial charge in [-0.25, -0.2) is 0 Å². The molecule has 0 spiro atoms. The van der Waals surface area contributed by atoms with E-state index in [4.69, 9.17) is 0 Å². The zero-order valence-electron chi connectivity index (χ0n) is 4.19. The number of ether oxygens (including phenoxy) is 1. The van der Waals surface area contributed by atoms with E-state index >= 15 is 0 Å². The molecule has 0 aromatic carbocycles. The first kappa shape index (κ1) is 5.82. The van der Waals surface area contributed by atoms with Gasteiger partial charge in [0.05, 0.1) is 6.42 Å². The molecule has 3 heteroatoms. The molecule has 0 atom stereocenters. The van der Waals surface area contributed by atoms with E-state index in [1.165, 1.54) is 0 Å². The van der Waals surface area contributed by atoms with Crippen molar-refractivity contribution in [2.75, 3.05) is 6.61 Å². The summed E-state index contributed by atoms with van der Waals surface area (Å²) in [5.74, 6) is -0.129. The van der Waals surface area contributed by atoms with Gasteiger partial charge in [0.2, 0.25) is 0 Å². The SMILES string of the molecule is O=C1CC(=CBr)CO1. The number of hydrogen-bond donors (Lipinski definition) is 0. The maximum Gasteiger partial charge on any atom is 0.310 e. The van der Waals surface area contributed by atoms with Crippen molar-refractivity contribution in [2.45, 2.75) is 6.42 Å². The van der Waals surface area contributed by atoms with Crippen molar-refractivity contribution in [3.05, 3.63) is 10.6 Å². The number of rotatable bonds is 0. The van der Waals surface area contributed by atoms with Crippen LogP contribution in [0.15, 0.2) is 10.6 Å². The van der Waals surface area contributed by atoms with Crippen LogP contribution in [0.2, 0.25) is 0 Å². The zero-order chi connectivity index (χ0) is 5.98. The van der Waals surface area contributed by atoms with Crippen LogP contribution >= 0.6 is 15.9 Å². The molecule has 1 aliphatic heterocycles. The third kappa shape index (κ3) is 1.10. The molecule has 1 heterocycles. The van der Waals surface area contributed by atoms with Crippen molar-refractivity contribution in [1.29, 1.82) is 0 Å². The first-order valence-electron chi connectivity index (χ1n) is 2.26. The number of cyclic esters (lactones) is 1. The second-order valence-corrected chi connectivity index (χ2v) is 2.06. The van der Waals surface area contributed by atoms with Gasteiger partial charge in [-0.05, 0) is 10.6 Å². The largest absolute Gasteiger partial charge is 0.461 e. The van der Waals surface area contributed by atoms with Gasteiger partial charge in [-0.2, -0.15) is 0 Å². The van der Waals surface area contributed by atoms with Crippen LogP contribution in [0.4, 0.5) is 0 Å². The van der Waals surface area contributed by atoms with Crippen LogP contribution in [0, 0.1) is 0 Å². The van der Waals surface area contributed by atoms with E-state index in [1.807, 2.05) is 0 Å². The molecule has 0 bridgehead atoms. The fourth-order valence-corrected chi connectivity index (χ4v) is 0.825. The van der Waals surface area contributed by atoms with E-state index in [-0.39, 0.29) is 5.97 Å². The lowest BCUT2D eigenvalue weighted by Gasteiger charge is -1.83. The van der Waals surface area contributed by atoms with Gasteiger partial charge in [0.25, 0.3) is 0 Å². The van der Waals surface area contributed by atoms with Crippen molar-refractivity contribution in [3.63, 3.8) is 0 Å². The molecule has 2 nitrogen and oxygen atoms in total. The van der Waals surface area contributed by atoms with Gasteiger partial charge in [0, 0.05) is 0 Å². The van der Waals surface area contributed by atoms with E-state index in [1.54, 1.807) is 4.99 Å². The van der Waals surface area contributed by atoms with E-state index in [9.17, 15) is 4.79 Å². The molecule has 0 aliphatic carbocycles. The van der Waals surface area contributed by atoms with Crippen LogP contribution in [0.5, 0.6) is 0 Å². The number of hydrogen-bond acceptors (Lipinski definition) is 2. The van der Waals surface area contributed by atoms with Gasteiger partial charge in [-0.3, -0.25) is 4.79 Å². The molecule has 0 aromatic rings. The molecule has 1 fully saturated rings. The molecule has 1 rings (SSSR count). The fraction of sp³-hybridized carbons (Fsp3) is 0.400. The van der Waals surface area contributed by atoms with Gasteiger partial charge in [0.1, 0.15) is 6.61 Å². The molecule has 0 N–H and O–H groups in total. The summed E-state index contributed by atoms with van der Waals surface area (Å²) in [5, 5.41) is 0. The minimum Gasteiger partial charge on any atom is -0.461 e. The summed E-state index contributed by atoms with van der Waals surface area (Å²) in [5.41, 5.74) is 1.01. The van der Waals surface area contributed by atoms with Gasteiger partial charge >= 0.3 is 5.97 Å².